The van der Waals surface area contributed by atoms with Gasteiger partial charge in [0.1, 0.15) is 0 Å². The standard InChI is InChI=1S/C19H34O4Si/c1-19(2,3)24(4,5)23-12-11-17(20)13-18(21)15-22-14-16-9-7-6-8-10-16/h6-10,17-18,20-21H,11-15H2,1-5H3/t17-,18-/m1/s1. The average Bonchev–Trinajstić information content (AvgIpc) is 2.46. The summed E-state index contributed by atoms with van der Waals surface area (Å²) in [4.78, 5) is 0. The molecule has 4 nitrogen and oxygen atoms in total. The highest BCUT2D eigenvalue weighted by Gasteiger charge is 2.37. The van der Waals surface area contributed by atoms with Crippen LogP contribution in [-0.4, -0.2) is 44.0 Å². The molecule has 0 aliphatic carbocycles. The molecule has 1 aromatic rings. The zero-order valence-corrected chi connectivity index (χ0v) is 16.8. The Morgan fingerprint density at radius 3 is 2.25 bits per heavy atom. The fourth-order valence-corrected chi connectivity index (χ4v) is 3.11. The number of ether oxygens (including phenoxy) is 1. The van der Waals surface area contributed by atoms with Gasteiger partial charge in [0.05, 0.1) is 25.4 Å². The molecule has 2 atom stereocenters. The van der Waals surface area contributed by atoms with Gasteiger partial charge in [0.2, 0.25) is 0 Å². The monoisotopic (exact) mass is 354 g/mol. The molecule has 0 radical (unpaired) electrons. The predicted octanol–water partition coefficient (Wildman–Crippen LogP) is 3.73. The summed E-state index contributed by atoms with van der Waals surface area (Å²) in [6.45, 7) is 12.2. The van der Waals surface area contributed by atoms with Crippen LogP contribution in [0.5, 0.6) is 0 Å². The van der Waals surface area contributed by atoms with E-state index in [2.05, 4.69) is 33.9 Å². The number of aliphatic hydroxyl groups excluding tert-OH is 2. The summed E-state index contributed by atoms with van der Waals surface area (Å²) in [6, 6.07) is 9.85. The van der Waals surface area contributed by atoms with Crippen molar-refractivity contribution in [1.82, 2.24) is 0 Å². The van der Waals surface area contributed by atoms with Crippen LogP contribution in [0.25, 0.3) is 0 Å². The first-order valence-corrected chi connectivity index (χ1v) is 11.6. The molecule has 2 N–H and O–H groups in total. The van der Waals surface area contributed by atoms with Gasteiger partial charge >= 0.3 is 0 Å². The summed E-state index contributed by atoms with van der Waals surface area (Å²) in [5.74, 6) is 0. The summed E-state index contributed by atoms with van der Waals surface area (Å²) >= 11 is 0. The highest BCUT2D eigenvalue weighted by atomic mass is 28.4. The molecular formula is C19H34O4Si. The Labute approximate surface area is 147 Å². The summed E-state index contributed by atoms with van der Waals surface area (Å²) in [5, 5.41) is 20.2. The molecule has 0 aromatic heterocycles. The molecule has 5 heteroatoms. The molecule has 0 heterocycles. The maximum atomic E-state index is 10.1. The van der Waals surface area contributed by atoms with E-state index in [1.165, 1.54) is 0 Å². The minimum absolute atomic E-state index is 0.169. The predicted molar refractivity (Wildman–Crippen MR) is 100 cm³/mol. The van der Waals surface area contributed by atoms with E-state index in [0.717, 1.165) is 5.56 Å². The lowest BCUT2D eigenvalue weighted by atomic mass is 10.1. The molecular weight excluding hydrogens is 320 g/mol. The number of rotatable bonds is 10. The Bertz CT molecular complexity index is 456. The molecule has 0 aliphatic heterocycles. The van der Waals surface area contributed by atoms with Gasteiger partial charge in [-0.3, -0.25) is 0 Å². The first-order chi connectivity index (χ1) is 11.1. The van der Waals surface area contributed by atoms with Crippen molar-refractivity contribution in [3.05, 3.63) is 35.9 Å². The van der Waals surface area contributed by atoms with Gasteiger partial charge in [0, 0.05) is 13.0 Å². The van der Waals surface area contributed by atoms with E-state index in [4.69, 9.17) is 9.16 Å². The van der Waals surface area contributed by atoms with Crippen LogP contribution in [0.15, 0.2) is 30.3 Å². The second kappa shape index (κ2) is 9.68. The Morgan fingerprint density at radius 1 is 1.04 bits per heavy atom. The third-order valence-corrected chi connectivity index (χ3v) is 9.22. The fourth-order valence-electron chi connectivity index (χ4n) is 2.05. The van der Waals surface area contributed by atoms with Crippen LogP contribution in [0.4, 0.5) is 0 Å². The minimum atomic E-state index is -1.77. The van der Waals surface area contributed by atoms with Crippen LogP contribution in [0.1, 0.15) is 39.2 Å². The van der Waals surface area contributed by atoms with Gasteiger partial charge in [-0.2, -0.15) is 0 Å². The normalized spacial score (nSPS) is 15.3. The molecule has 24 heavy (non-hydrogen) atoms. The molecule has 1 aromatic carbocycles. The van der Waals surface area contributed by atoms with Gasteiger partial charge in [-0.05, 0) is 30.1 Å². The average molecular weight is 355 g/mol. The fraction of sp³-hybridized carbons (Fsp3) is 0.684. The first-order valence-electron chi connectivity index (χ1n) is 8.73. The molecule has 138 valence electrons. The lowest BCUT2D eigenvalue weighted by Gasteiger charge is -2.36. The maximum Gasteiger partial charge on any atom is 0.191 e. The molecule has 0 unspecified atom stereocenters. The van der Waals surface area contributed by atoms with Gasteiger partial charge in [0.15, 0.2) is 8.32 Å². The molecule has 0 bridgehead atoms. The van der Waals surface area contributed by atoms with Crippen molar-refractivity contribution in [2.24, 2.45) is 0 Å². The van der Waals surface area contributed by atoms with Crippen molar-refractivity contribution < 1.29 is 19.4 Å². The first kappa shape index (κ1) is 21.3. The van der Waals surface area contributed by atoms with Crippen molar-refractivity contribution in [3.63, 3.8) is 0 Å². The third kappa shape index (κ3) is 7.90. The second-order valence-corrected chi connectivity index (χ2v) is 12.8. The van der Waals surface area contributed by atoms with Crippen molar-refractivity contribution in [2.75, 3.05) is 13.2 Å². The third-order valence-electron chi connectivity index (χ3n) is 4.69. The Hall–Kier alpha value is -0.723. The largest absolute Gasteiger partial charge is 0.417 e. The zero-order valence-electron chi connectivity index (χ0n) is 15.8. The van der Waals surface area contributed by atoms with Crippen molar-refractivity contribution in [2.45, 2.75) is 70.6 Å². The van der Waals surface area contributed by atoms with Crippen LogP contribution in [-0.2, 0) is 15.8 Å². The van der Waals surface area contributed by atoms with Crippen LogP contribution in [0.2, 0.25) is 18.1 Å². The molecule has 0 saturated carbocycles. The Morgan fingerprint density at radius 2 is 1.67 bits per heavy atom. The van der Waals surface area contributed by atoms with Crippen LogP contribution < -0.4 is 0 Å². The van der Waals surface area contributed by atoms with E-state index in [1.54, 1.807) is 0 Å². The summed E-state index contributed by atoms with van der Waals surface area (Å²) in [6.07, 6.45) is -0.362. The molecule has 0 aliphatic rings. The summed E-state index contributed by atoms with van der Waals surface area (Å²) in [5.41, 5.74) is 1.08. The van der Waals surface area contributed by atoms with E-state index in [9.17, 15) is 10.2 Å². The van der Waals surface area contributed by atoms with Gasteiger partial charge in [-0.25, -0.2) is 0 Å². The second-order valence-electron chi connectivity index (χ2n) is 7.94. The lowest BCUT2D eigenvalue weighted by Crippen LogP contribution is -2.41. The zero-order chi connectivity index (χ0) is 18.2. The number of hydrogen-bond acceptors (Lipinski definition) is 4. The number of aliphatic hydroxyl groups is 2. The SMILES string of the molecule is CC(C)(C)[Si](C)(C)OCC[C@@H](O)C[C@@H](O)COCc1ccccc1. The van der Waals surface area contributed by atoms with Gasteiger partial charge < -0.3 is 19.4 Å². The van der Waals surface area contributed by atoms with Gasteiger partial charge in [-0.1, -0.05) is 51.1 Å². The Balaban J connectivity index is 2.19. The highest BCUT2D eigenvalue weighted by molar-refractivity contribution is 6.74. The molecule has 1 rings (SSSR count). The number of hydrogen-bond donors (Lipinski definition) is 2. The molecule has 0 fully saturated rings. The smallest absolute Gasteiger partial charge is 0.191 e. The molecule has 0 saturated heterocycles. The molecule has 0 spiro atoms. The Kier molecular flexibility index (Phi) is 8.60. The van der Waals surface area contributed by atoms with E-state index in [0.29, 0.717) is 26.1 Å². The topological polar surface area (TPSA) is 58.9 Å². The van der Waals surface area contributed by atoms with E-state index < -0.39 is 20.5 Å². The van der Waals surface area contributed by atoms with Crippen molar-refractivity contribution in [1.29, 1.82) is 0 Å². The van der Waals surface area contributed by atoms with Gasteiger partial charge in [-0.15, -0.1) is 0 Å². The van der Waals surface area contributed by atoms with E-state index in [-0.39, 0.29) is 11.6 Å². The van der Waals surface area contributed by atoms with E-state index >= 15 is 0 Å². The van der Waals surface area contributed by atoms with Crippen LogP contribution in [0.3, 0.4) is 0 Å². The number of benzene rings is 1. The maximum absolute atomic E-state index is 10.1. The lowest BCUT2D eigenvalue weighted by molar-refractivity contribution is -0.00274. The highest BCUT2D eigenvalue weighted by Crippen LogP contribution is 2.36. The summed E-state index contributed by atoms with van der Waals surface area (Å²) < 4.78 is 11.6. The molecule has 0 amide bonds. The quantitative estimate of drug-likeness (QED) is 0.629. The summed E-state index contributed by atoms with van der Waals surface area (Å²) in [7, 11) is -1.77. The van der Waals surface area contributed by atoms with Gasteiger partial charge in [0.25, 0.3) is 0 Å². The minimum Gasteiger partial charge on any atom is -0.417 e. The van der Waals surface area contributed by atoms with Crippen molar-refractivity contribution in [3.8, 4) is 0 Å². The van der Waals surface area contributed by atoms with E-state index in [1.807, 2.05) is 30.3 Å². The van der Waals surface area contributed by atoms with Crippen LogP contribution in [0, 0.1) is 0 Å². The van der Waals surface area contributed by atoms with Crippen LogP contribution >= 0.6 is 0 Å². The van der Waals surface area contributed by atoms with Crippen molar-refractivity contribution >= 4 is 8.32 Å².